The van der Waals surface area contributed by atoms with Gasteiger partial charge in [0.05, 0.1) is 19.1 Å². The van der Waals surface area contributed by atoms with E-state index in [1.54, 1.807) is 6.92 Å². The molecule has 0 aromatic heterocycles. The zero-order chi connectivity index (χ0) is 14.7. The maximum absolute atomic E-state index is 11.3. The van der Waals surface area contributed by atoms with Crippen LogP contribution >= 0.6 is 0 Å². The molecule has 0 aromatic carbocycles. The highest BCUT2D eigenvalue weighted by molar-refractivity contribution is 5.83. The van der Waals surface area contributed by atoms with Crippen molar-refractivity contribution in [2.45, 2.75) is 13.3 Å². The average Bonchev–Trinajstić information content (AvgIpc) is 2.36. The maximum Gasteiger partial charge on any atom is 0.315 e. The molecule has 0 aliphatic heterocycles. The molecule has 0 bridgehead atoms. The summed E-state index contributed by atoms with van der Waals surface area (Å²) in [5, 5.41) is 16.0. The number of hydrogen-bond donors (Lipinski definition) is 4. The average molecular weight is 275 g/mol. The molecule has 0 radical (unpaired) electrons. The zero-order valence-electron chi connectivity index (χ0n) is 11.2. The van der Waals surface area contributed by atoms with Crippen LogP contribution in [0.3, 0.4) is 0 Å². The van der Waals surface area contributed by atoms with Gasteiger partial charge in [-0.05, 0) is 6.42 Å². The van der Waals surface area contributed by atoms with Crippen LogP contribution in [0.5, 0.6) is 0 Å². The lowest BCUT2D eigenvalue weighted by molar-refractivity contribution is -0.141. The molecule has 110 valence electrons. The summed E-state index contributed by atoms with van der Waals surface area (Å²) in [6, 6.07) is -0.500. The highest BCUT2D eigenvalue weighted by atomic mass is 16.5. The first-order chi connectivity index (χ1) is 8.97. The van der Waals surface area contributed by atoms with Crippen molar-refractivity contribution in [3.8, 4) is 0 Å². The number of carboxylic acid groups (broad SMARTS) is 1. The number of hydrogen-bond acceptors (Lipinski definition) is 4. The lowest BCUT2D eigenvalue weighted by atomic mass is 10.1. The molecule has 0 aliphatic carbocycles. The fourth-order valence-corrected chi connectivity index (χ4v) is 1.10. The molecule has 8 heteroatoms. The molecule has 19 heavy (non-hydrogen) atoms. The van der Waals surface area contributed by atoms with Crippen LogP contribution in [0.15, 0.2) is 0 Å². The number of methoxy groups -OCH3 is 1. The Kier molecular flexibility index (Phi) is 9.15. The van der Waals surface area contributed by atoms with Gasteiger partial charge >= 0.3 is 12.0 Å². The third-order valence-corrected chi connectivity index (χ3v) is 2.32. The van der Waals surface area contributed by atoms with Crippen molar-refractivity contribution in [1.29, 1.82) is 0 Å². The van der Waals surface area contributed by atoms with Crippen molar-refractivity contribution in [2.24, 2.45) is 5.92 Å². The fourth-order valence-electron chi connectivity index (χ4n) is 1.10. The van der Waals surface area contributed by atoms with Crippen LogP contribution in [-0.4, -0.2) is 56.4 Å². The predicted molar refractivity (Wildman–Crippen MR) is 67.7 cm³/mol. The van der Waals surface area contributed by atoms with E-state index in [0.29, 0.717) is 19.6 Å². The topological polar surface area (TPSA) is 117 Å². The van der Waals surface area contributed by atoms with Crippen molar-refractivity contribution >= 4 is 17.9 Å². The Morgan fingerprint density at radius 3 is 2.42 bits per heavy atom. The Labute approximate surface area is 111 Å². The minimum Gasteiger partial charge on any atom is -0.481 e. The number of amides is 3. The van der Waals surface area contributed by atoms with Gasteiger partial charge in [-0.1, -0.05) is 6.92 Å². The van der Waals surface area contributed by atoms with Gasteiger partial charge in [0.15, 0.2) is 0 Å². The van der Waals surface area contributed by atoms with Crippen LogP contribution in [0.2, 0.25) is 0 Å². The third-order valence-electron chi connectivity index (χ3n) is 2.32. The molecular formula is C11H21N3O5. The summed E-state index contributed by atoms with van der Waals surface area (Å²) in [7, 11) is 1.52. The standard InChI is InChI=1S/C11H21N3O5/c1-8(10(16)17)3-4-13-11(18)14-7-9(15)12-5-6-19-2/h8H,3-7H2,1-2H3,(H,12,15)(H,16,17)(H2,13,14,18). The normalized spacial score (nSPS) is 11.5. The second-order valence-corrected chi connectivity index (χ2v) is 3.98. The van der Waals surface area contributed by atoms with Gasteiger partial charge in [0, 0.05) is 20.2 Å². The van der Waals surface area contributed by atoms with E-state index in [1.165, 1.54) is 7.11 Å². The summed E-state index contributed by atoms with van der Waals surface area (Å²) in [6.07, 6.45) is 0.336. The molecule has 0 saturated heterocycles. The highest BCUT2D eigenvalue weighted by Gasteiger charge is 2.11. The predicted octanol–water partition coefficient (Wildman–Crippen LogP) is -0.841. The van der Waals surface area contributed by atoms with E-state index in [4.69, 9.17) is 9.84 Å². The van der Waals surface area contributed by atoms with E-state index in [2.05, 4.69) is 16.0 Å². The number of urea groups is 1. The van der Waals surface area contributed by atoms with Gasteiger partial charge in [0.25, 0.3) is 0 Å². The van der Waals surface area contributed by atoms with E-state index in [1.807, 2.05) is 0 Å². The van der Waals surface area contributed by atoms with Gasteiger partial charge in [-0.2, -0.15) is 0 Å². The Morgan fingerprint density at radius 1 is 1.16 bits per heavy atom. The van der Waals surface area contributed by atoms with Gasteiger partial charge in [-0.3, -0.25) is 9.59 Å². The maximum atomic E-state index is 11.3. The van der Waals surface area contributed by atoms with E-state index in [-0.39, 0.29) is 19.0 Å². The molecule has 0 fully saturated rings. The Balaban J connectivity index is 3.59. The smallest absolute Gasteiger partial charge is 0.315 e. The van der Waals surface area contributed by atoms with Crippen molar-refractivity contribution in [2.75, 3.05) is 33.4 Å². The third kappa shape index (κ3) is 9.83. The van der Waals surface area contributed by atoms with Crippen LogP contribution in [-0.2, 0) is 14.3 Å². The number of aliphatic carboxylic acids is 1. The van der Waals surface area contributed by atoms with Crippen LogP contribution in [0.25, 0.3) is 0 Å². The quantitative estimate of drug-likeness (QED) is 0.409. The monoisotopic (exact) mass is 275 g/mol. The Morgan fingerprint density at radius 2 is 1.84 bits per heavy atom. The molecule has 1 unspecified atom stereocenters. The summed E-state index contributed by atoms with van der Waals surface area (Å²) in [5.41, 5.74) is 0. The molecule has 1 atom stereocenters. The van der Waals surface area contributed by atoms with Crippen LogP contribution in [0.4, 0.5) is 4.79 Å². The van der Waals surface area contributed by atoms with Crippen molar-refractivity contribution < 1.29 is 24.2 Å². The van der Waals surface area contributed by atoms with Crippen LogP contribution in [0, 0.1) is 5.92 Å². The number of rotatable bonds is 9. The minimum atomic E-state index is -0.903. The summed E-state index contributed by atoms with van der Waals surface area (Å²) >= 11 is 0. The highest BCUT2D eigenvalue weighted by Crippen LogP contribution is 1.99. The first-order valence-electron chi connectivity index (χ1n) is 5.97. The lowest BCUT2D eigenvalue weighted by Crippen LogP contribution is -2.43. The molecule has 0 aromatic rings. The second-order valence-electron chi connectivity index (χ2n) is 3.98. The fraction of sp³-hybridized carbons (Fsp3) is 0.727. The summed E-state index contributed by atoms with van der Waals surface area (Å²) in [5.74, 6) is -1.73. The molecule has 3 amide bonds. The number of ether oxygens (including phenoxy) is 1. The molecule has 0 spiro atoms. The molecule has 0 heterocycles. The van der Waals surface area contributed by atoms with Gasteiger partial charge in [-0.15, -0.1) is 0 Å². The second kappa shape index (κ2) is 10.1. The molecule has 8 nitrogen and oxygen atoms in total. The van der Waals surface area contributed by atoms with E-state index in [0.717, 1.165) is 0 Å². The first-order valence-corrected chi connectivity index (χ1v) is 5.97. The van der Waals surface area contributed by atoms with Crippen molar-refractivity contribution in [3.05, 3.63) is 0 Å². The molecular weight excluding hydrogens is 254 g/mol. The Hall–Kier alpha value is -1.83. The van der Waals surface area contributed by atoms with Crippen LogP contribution < -0.4 is 16.0 Å². The number of carbonyl (C=O) groups is 3. The number of carbonyl (C=O) groups excluding carboxylic acids is 2. The molecule has 0 rings (SSSR count). The minimum absolute atomic E-state index is 0.135. The zero-order valence-corrected chi connectivity index (χ0v) is 11.2. The SMILES string of the molecule is COCCNC(=O)CNC(=O)NCCC(C)C(=O)O. The van der Waals surface area contributed by atoms with Gasteiger partial charge in [0.2, 0.25) is 5.91 Å². The number of carboxylic acids is 1. The van der Waals surface area contributed by atoms with Crippen molar-refractivity contribution in [3.63, 3.8) is 0 Å². The van der Waals surface area contributed by atoms with E-state index < -0.39 is 17.9 Å². The van der Waals surface area contributed by atoms with Gasteiger partial charge in [0.1, 0.15) is 0 Å². The van der Waals surface area contributed by atoms with Gasteiger partial charge in [-0.25, -0.2) is 4.79 Å². The van der Waals surface area contributed by atoms with E-state index >= 15 is 0 Å². The van der Waals surface area contributed by atoms with E-state index in [9.17, 15) is 14.4 Å². The Bertz CT molecular complexity index is 309. The lowest BCUT2D eigenvalue weighted by Gasteiger charge is -2.09. The summed E-state index contributed by atoms with van der Waals surface area (Å²) in [6.45, 7) is 2.46. The summed E-state index contributed by atoms with van der Waals surface area (Å²) < 4.78 is 4.75. The summed E-state index contributed by atoms with van der Waals surface area (Å²) in [4.78, 5) is 33.0. The molecule has 0 saturated carbocycles. The van der Waals surface area contributed by atoms with Crippen LogP contribution in [0.1, 0.15) is 13.3 Å². The number of nitrogens with one attached hydrogen (secondary N) is 3. The molecule has 0 aliphatic rings. The molecule has 4 N–H and O–H groups in total. The van der Waals surface area contributed by atoms with Gasteiger partial charge < -0.3 is 25.8 Å². The first kappa shape index (κ1) is 17.2. The van der Waals surface area contributed by atoms with Crippen molar-refractivity contribution in [1.82, 2.24) is 16.0 Å². The largest absolute Gasteiger partial charge is 0.481 e.